The molecule has 2 aromatic rings. The van der Waals surface area contributed by atoms with Gasteiger partial charge in [0.1, 0.15) is 17.1 Å². The highest BCUT2D eigenvalue weighted by atomic mass is 35.5. The maximum absolute atomic E-state index is 10.1. The molecule has 4 nitrogen and oxygen atoms in total. The minimum absolute atomic E-state index is 0.000196. The Morgan fingerprint density at radius 1 is 0.923 bits per heavy atom. The second kappa shape index (κ2) is 9.48. The van der Waals surface area contributed by atoms with Gasteiger partial charge in [0, 0.05) is 22.3 Å². The molecule has 0 aliphatic rings. The molecule has 0 heterocycles. The summed E-state index contributed by atoms with van der Waals surface area (Å²) < 4.78 is 10.3. The van der Waals surface area contributed by atoms with Crippen molar-refractivity contribution >= 4 is 23.8 Å². The maximum Gasteiger partial charge on any atom is 0.298 e. The first-order chi connectivity index (χ1) is 12.0. The van der Waals surface area contributed by atoms with Crippen LogP contribution in [0.3, 0.4) is 0 Å². The highest BCUT2D eigenvalue weighted by Crippen LogP contribution is 2.21. The number of anilines is 1. The van der Waals surface area contributed by atoms with Crippen LogP contribution in [0.1, 0.15) is 41.5 Å². The van der Waals surface area contributed by atoms with Crippen LogP contribution in [0, 0.1) is 0 Å². The molecule has 142 valence electrons. The van der Waals surface area contributed by atoms with Crippen LogP contribution < -0.4 is 14.8 Å². The lowest BCUT2D eigenvalue weighted by molar-refractivity contribution is -0.120. The zero-order chi connectivity index (χ0) is 19.8. The lowest BCUT2D eigenvalue weighted by Crippen LogP contribution is -2.25. The van der Waals surface area contributed by atoms with E-state index in [1.54, 1.807) is 12.1 Å². The number of rotatable bonds is 4. The molecule has 0 spiro atoms. The standard InChI is InChI=1S/C11H15NO2.C10H13ClO/c1-11(2,3)12-9-5-4-6-10(7-9)14-8-13;1-10(2,3)12-9-6-4-5-8(11)7-9/h4-8,12H,1-3H3;4-7H,1-3H3. The Kier molecular flexibility index (Phi) is 7.97. The van der Waals surface area contributed by atoms with E-state index >= 15 is 0 Å². The van der Waals surface area contributed by atoms with E-state index < -0.39 is 0 Å². The number of ether oxygens (including phenoxy) is 2. The van der Waals surface area contributed by atoms with Gasteiger partial charge in [0.25, 0.3) is 6.47 Å². The Morgan fingerprint density at radius 3 is 2.08 bits per heavy atom. The van der Waals surface area contributed by atoms with Gasteiger partial charge in [-0.05, 0) is 71.9 Å². The molecule has 0 saturated carbocycles. The molecular weight excluding hydrogens is 350 g/mol. The van der Waals surface area contributed by atoms with Gasteiger partial charge in [-0.25, -0.2) is 0 Å². The van der Waals surface area contributed by atoms with Crippen molar-refractivity contribution in [2.24, 2.45) is 0 Å². The van der Waals surface area contributed by atoms with Crippen molar-refractivity contribution in [3.8, 4) is 11.5 Å². The van der Waals surface area contributed by atoms with Gasteiger partial charge in [-0.15, -0.1) is 0 Å². The van der Waals surface area contributed by atoms with Crippen LogP contribution in [-0.2, 0) is 4.79 Å². The average molecular weight is 378 g/mol. The van der Waals surface area contributed by atoms with Crippen LogP contribution in [0.2, 0.25) is 5.02 Å². The first-order valence-corrected chi connectivity index (χ1v) is 8.79. The zero-order valence-electron chi connectivity index (χ0n) is 16.3. The number of carbonyl (C=O) groups excluding carboxylic acids is 1. The molecule has 26 heavy (non-hydrogen) atoms. The Hall–Kier alpha value is -2.20. The Balaban J connectivity index is 0.000000263. The predicted molar refractivity (Wildman–Crippen MR) is 108 cm³/mol. The number of halogens is 1. The second-order valence-electron chi connectivity index (χ2n) is 7.79. The summed E-state index contributed by atoms with van der Waals surface area (Å²) in [7, 11) is 0. The van der Waals surface area contributed by atoms with Crippen molar-refractivity contribution in [3.05, 3.63) is 53.6 Å². The van der Waals surface area contributed by atoms with Gasteiger partial charge in [0.2, 0.25) is 0 Å². The van der Waals surface area contributed by atoms with Gasteiger partial charge >= 0.3 is 0 Å². The van der Waals surface area contributed by atoms with Gasteiger partial charge in [-0.3, -0.25) is 4.79 Å². The van der Waals surface area contributed by atoms with Gasteiger partial charge < -0.3 is 14.8 Å². The van der Waals surface area contributed by atoms with E-state index in [0.717, 1.165) is 11.4 Å². The summed E-state index contributed by atoms with van der Waals surface area (Å²) in [6.45, 7) is 12.7. The minimum Gasteiger partial charge on any atom is -0.488 e. The fraction of sp³-hybridized carbons (Fsp3) is 0.381. The molecule has 0 aliphatic heterocycles. The molecule has 0 unspecified atom stereocenters. The number of carbonyl (C=O) groups is 1. The molecule has 0 aliphatic carbocycles. The van der Waals surface area contributed by atoms with Crippen LogP contribution >= 0.6 is 11.6 Å². The molecule has 0 atom stereocenters. The summed E-state index contributed by atoms with van der Waals surface area (Å²) in [5.74, 6) is 1.37. The van der Waals surface area contributed by atoms with Gasteiger partial charge in [0.15, 0.2) is 0 Å². The quantitative estimate of drug-likeness (QED) is 0.669. The van der Waals surface area contributed by atoms with Crippen LogP contribution in [-0.4, -0.2) is 17.6 Å². The van der Waals surface area contributed by atoms with Crippen molar-refractivity contribution in [3.63, 3.8) is 0 Å². The minimum atomic E-state index is -0.162. The fourth-order valence-corrected chi connectivity index (χ4v) is 2.20. The normalized spacial score (nSPS) is 11.0. The highest BCUT2D eigenvalue weighted by Gasteiger charge is 2.11. The van der Waals surface area contributed by atoms with E-state index in [2.05, 4.69) is 26.1 Å². The number of hydrogen-bond acceptors (Lipinski definition) is 4. The molecule has 0 radical (unpaired) electrons. The Labute approximate surface area is 161 Å². The summed E-state index contributed by atoms with van der Waals surface area (Å²) in [4.78, 5) is 10.1. The summed E-state index contributed by atoms with van der Waals surface area (Å²) in [5, 5.41) is 3.99. The monoisotopic (exact) mass is 377 g/mol. The van der Waals surface area contributed by atoms with Crippen molar-refractivity contribution in [1.82, 2.24) is 0 Å². The van der Waals surface area contributed by atoms with E-state index in [1.165, 1.54) is 0 Å². The third kappa shape index (κ3) is 9.94. The second-order valence-corrected chi connectivity index (χ2v) is 8.23. The molecule has 2 aromatic carbocycles. The third-order valence-corrected chi connectivity index (χ3v) is 2.99. The van der Waals surface area contributed by atoms with Crippen molar-refractivity contribution in [2.45, 2.75) is 52.7 Å². The highest BCUT2D eigenvalue weighted by molar-refractivity contribution is 6.30. The summed E-state index contributed by atoms with van der Waals surface area (Å²) in [6.07, 6.45) is 0. The molecule has 0 saturated heterocycles. The van der Waals surface area contributed by atoms with E-state index in [1.807, 2.05) is 57.2 Å². The van der Waals surface area contributed by atoms with E-state index in [-0.39, 0.29) is 11.1 Å². The van der Waals surface area contributed by atoms with Crippen molar-refractivity contribution in [2.75, 3.05) is 5.32 Å². The molecular formula is C21H28ClNO3. The number of nitrogens with one attached hydrogen (secondary N) is 1. The van der Waals surface area contributed by atoms with Crippen molar-refractivity contribution in [1.29, 1.82) is 0 Å². The van der Waals surface area contributed by atoms with Gasteiger partial charge in [0.05, 0.1) is 0 Å². The largest absolute Gasteiger partial charge is 0.488 e. The summed E-state index contributed by atoms with van der Waals surface area (Å²) in [5.41, 5.74) is 0.779. The molecule has 0 aromatic heterocycles. The van der Waals surface area contributed by atoms with Crippen LogP contribution in [0.15, 0.2) is 48.5 Å². The lowest BCUT2D eigenvalue weighted by Gasteiger charge is -2.22. The SMILES string of the molecule is CC(C)(C)Nc1cccc(OC=O)c1.CC(C)(C)Oc1cccc(Cl)c1. The first-order valence-electron chi connectivity index (χ1n) is 8.42. The fourth-order valence-electron chi connectivity index (χ4n) is 2.02. The Morgan fingerprint density at radius 2 is 1.54 bits per heavy atom. The van der Waals surface area contributed by atoms with E-state index in [9.17, 15) is 4.79 Å². The zero-order valence-corrected chi connectivity index (χ0v) is 17.1. The topological polar surface area (TPSA) is 47.6 Å². The molecule has 1 N–H and O–H groups in total. The first kappa shape index (κ1) is 21.8. The predicted octanol–water partition coefficient (Wildman–Crippen LogP) is 5.95. The average Bonchev–Trinajstić information content (AvgIpc) is 2.45. The maximum atomic E-state index is 10.1. The Bertz CT molecular complexity index is 703. The summed E-state index contributed by atoms with van der Waals surface area (Å²) in [6, 6.07) is 14.7. The summed E-state index contributed by atoms with van der Waals surface area (Å²) >= 11 is 5.79. The molecule has 0 fully saturated rings. The van der Waals surface area contributed by atoms with Gasteiger partial charge in [-0.1, -0.05) is 23.7 Å². The smallest absolute Gasteiger partial charge is 0.298 e. The molecule has 5 heteroatoms. The van der Waals surface area contributed by atoms with Crippen LogP contribution in [0.5, 0.6) is 11.5 Å². The van der Waals surface area contributed by atoms with Crippen LogP contribution in [0.4, 0.5) is 5.69 Å². The van der Waals surface area contributed by atoms with Crippen molar-refractivity contribution < 1.29 is 14.3 Å². The number of benzene rings is 2. The van der Waals surface area contributed by atoms with E-state index in [4.69, 9.17) is 21.1 Å². The molecule has 0 bridgehead atoms. The van der Waals surface area contributed by atoms with E-state index in [0.29, 0.717) is 17.2 Å². The molecule has 2 rings (SSSR count). The van der Waals surface area contributed by atoms with Gasteiger partial charge in [-0.2, -0.15) is 0 Å². The van der Waals surface area contributed by atoms with Crippen LogP contribution in [0.25, 0.3) is 0 Å². The third-order valence-electron chi connectivity index (χ3n) is 2.76. The lowest BCUT2D eigenvalue weighted by atomic mass is 10.1. The molecule has 0 amide bonds. The number of hydrogen-bond donors (Lipinski definition) is 1.